The standard InChI is InChI=1S/C18H19BrN2O5/c1-2-3-10-25-18(24)12-4-6-13(7-5-12)21-16(22)11-20-17(23)14-8-9-15(19)26-14/h4-9H,2-3,10-11H2,1H3,(H,20,23)(H,21,22). The van der Waals surface area contributed by atoms with Crippen LogP contribution in [0.5, 0.6) is 0 Å². The van der Waals surface area contributed by atoms with Crippen molar-refractivity contribution in [1.82, 2.24) is 5.32 Å². The van der Waals surface area contributed by atoms with E-state index in [0.717, 1.165) is 12.8 Å². The molecule has 2 amide bonds. The Morgan fingerprint density at radius 1 is 1.12 bits per heavy atom. The molecule has 0 radical (unpaired) electrons. The predicted octanol–water partition coefficient (Wildman–Crippen LogP) is 3.37. The first kappa shape index (κ1) is 19.7. The zero-order valence-corrected chi connectivity index (χ0v) is 15.8. The molecule has 26 heavy (non-hydrogen) atoms. The second-order valence-electron chi connectivity index (χ2n) is 5.40. The molecular weight excluding hydrogens is 404 g/mol. The van der Waals surface area contributed by atoms with Crippen LogP contribution in [0.25, 0.3) is 0 Å². The van der Waals surface area contributed by atoms with E-state index in [-0.39, 0.29) is 12.3 Å². The van der Waals surface area contributed by atoms with E-state index < -0.39 is 17.8 Å². The Bertz CT molecular complexity index is 770. The largest absolute Gasteiger partial charge is 0.462 e. The fraction of sp³-hybridized carbons (Fsp3) is 0.278. The number of amides is 2. The first-order valence-electron chi connectivity index (χ1n) is 8.10. The number of unbranched alkanes of at least 4 members (excludes halogenated alkanes) is 1. The molecule has 2 aromatic rings. The normalized spacial score (nSPS) is 10.2. The lowest BCUT2D eigenvalue weighted by Gasteiger charge is -2.07. The minimum atomic E-state index is -0.490. The van der Waals surface area contributed by atoms with Gasteiger partial charge >= 0.3 is 5.97 Å². The third-order valence-electron chi connectivity index (χ3n) is 3.34. The van der Waals surface area contributed by atoms with Gasteiger partial charge in [0.25, 0.3) is 5.91 Å². The Balaban J connectivity index is 1.79. The van der Waals surface area contributed by atoms with E-state index in [1.807, 2.05) is 6.92 Å². The lowest BCUT2D eigenvalue weighted by Crippen LogP contribution is -2.32. The SMILES string of the molecule is CCCCOC(=O)c1ccc(NC(=O)CNC(=O)c2ccc(Br)o2)cc1. The van der Waals surface area contributed by atoms with Crippen molar-refractivity contribution >= 4 is 39.4 Å². The van der Waals surface area contributed by atoms with Crippen molar-refractivity contribution in [2.24, 2.45) is 0 Å². The highest BCUT2D eigenvalue weighted by atomic mass is 79.9. The zero-order chi connectivity index (χ0) is 18.9. The number of carbonyl (C=O) groups excluding carboxylic acids is 3. The second-order valence-corrected chi connectivity index (χ2v) is 6.18. The number of furan rings is 1. The lowest BCUT2D eigenvalue weighted by molar-refractivity contribution is -0.115. The minimum Gasteiger partial charge on any atom is -0.462 e. The van der Waals surface area contributed by atoms with Crippen molar-refractivity contribution in [2.45, 2.75) is 19.8 Å². The van der Waals surface area contributed by atoms with Crippen molar-refractivity contribution in [2.75, 3.05) is 18.5 Å². The maximum Gasteiger partial charge on any atom is 0.338 e. The Hall–Kier alpha value is -2.61. The van der Waals surface area contributed by atoms with Gasteiger partial charge in [0.05, 0.1) is 18.7 Å². The van der Waals surface area contributed by atoms with E-state index in [2.05, 4.69) is 26.6 Å². The molecule has 0 aliphatic rings. The topological polar surface area (TPSA) is 97.6 Å². The highest BCUT2D eigenvalue weighted by molar-refractivity contribution is 9.10. The van der Waals surface area contributed by atoms with Crippen LogP contribution in [0.1, 0.15) is 40.7 Å². The molecule has 0 aliphatic heterocycles. The number of nitrogens with one attached hydrogen (secondary N) is 2. The first-order chi connectivity index (χ1) is 12.5. The number of hydrogen-bond donors (Lipinski definition) is 2. The fourth-order valence-electron chi connectivity index (χ4n) is 1.97. The van der Waals surface area contributed by atoms with Crippen LogP contribution in [0, 0.1) is 0 Å². The monoisotopic (exact) mass is 422 g/mol. The van der Waals surface area contributed by atoms with Gasteiger partial charge in [-0.05, 0) is 58.7 Å². The van der Waals surface area contributed by atoms with Crippen molar-refractivity contribution < 1.29 is 23.5 Å². The van der Waals surface area contributed by atoms with Gasteiger partial charge in [0.15, 0.2) is 10.4 Å². The summed E-state index contributed by atoms with van der Waals surface area (Å²) in [6.45, 7) is 2.19. The Morgan fingerprint density at radius 2 is 1.85 bits per heavy atom. The van der Waals surface area contributed by atoms with Crippen molar-refractivity contribution in [1.29, 1.82) is 0 Å². The number of carbonyl (C=O) groups is 3. The van der Waals surface area contributed by atoms with E-state index in [0.29, 0.717) is 22.5 Å². The van der Waals surface area contributed by atoms with Crippen molar-refractivity contribution in [3.05, 3.63) is 52.4 Å². The molecule has 7 nitrogen and oxygen atoms in total. The molecule has 138 valence electrons. The molecule has 2 N–H and O–H groups in total. The van der Waals surface area contributed by atoms with Gasteiger partial charge in [0, 0.05) is 5.69 Å². The average Bonchev–Trinajstić information content (AvgIpc) is 3.07. The first-order valence-corrected chi connectivity index (χ1v) is 8.89. The number of halogens is 1. The molecule has 0 aliphatic carbocycles. The molecule has 0 bridgehead atoms. The Morgan fingerprint density at radius 3 is 2.46 bits per heavy atom. The van der Waals surface area contributed by atoms with Crippen LogP contribution in [0.4, 0.5) is 5.69 Å². The van der Waals surface area contributed by atoms with E-state index in [1.165, 1.54) is 6.07 Å². The molecule has 1 aromatic heterocycles. The van der Waals surface area contributed by atoms with Crippen LogP contribution in [0.15, 0.2) is 45.5 Å². The summed E-state index contributed by atoms with van der Waals surface area (Å²) in [7, 11) is 0. The van der Waals surface area contributed by atoms with E-state index >= 15 is 0 Å². The molecule has 8 heteroatoms. The summed E-state index contributed by atoms with van der Waals surface area (Å²) >= 11 is 3.10. The van der Waals surface area contributed by atoms with Crippen molar-refractivity contribution in [3.8, 4) is 0 Å². The number of hydrogen-bond acceptors (Lipinski definition) is 5. The molecule has 1 aromatic carbocycles. The van der Waals surface area contributed by atoms with Crippen LogP contribution in [0.3, 0.4) is 0 Å². The number of benzene rings is 1. The van der Waals surface area contributed by atoms with Crippen LogP contribution in [0.2, 0.25) is 0 Å². The second kappa shape index (κ2) is 9.76. The summed E-state index contributed by atoms with van der Waals surface area (Å²) in [5.41, 5.74) is 0.922. The van der Waals surface area contributed by atoms with Crippen LogP contribution in [-0.2, 0) is 9.53 Å². The zero-order valence-electron chi connectivity index (χ0n) is 14.2. The quantitative estimate of drug-likeness (QED) is 0.501. The lowest BCUT2D eigenvalue weighted by atomic mass is 10.2. The van der Waals surface area contributed by atoms with Crippen molar-refractivity contribution in [3.63, 3.8) is 0 Å². The summed E-state index contributed by atoms with van der Waals surface area (Å²) in [6, 6.07) is 9.42. The van der Waals surface area contributed by atoms with Gasteiger partial charge < -0.3 is 19.8 Å². The summed E-state index contributed by atoms with van der Waals surface area (Å²) in [5, 5.41) is 5.08. The summed E-state index contributed by atoms with van der Waals surface area (Å²) < 4.78 is 10.6. The number of anilines is 1. The van der Waals surface area contributed by atoms with Gasteiger partial charge in [-0.15, -0.1) is 0 Å². The molecule has 0 saturated carbocycles. The molecule has 0 unspecified atom stereocenters. The van der Waals surface area contributed by atoms with Gasteiger partial charge in [-0.3, -0.25) is 9.59 Å². The predicted molar refractivity (Wildman–Crippen MR) is 99.0 cm³/mol. The Kier molecular flexibility index (Phi) is 7.40. The highest BCUT2D eigenvalue weighted by Gasteiger charge is 2.12. The molecule has 0 fully saturated rings. The van der Waals surface area contributed by atoms with Gasteiger partial charge in [-0.25, -0.2) is 4.79 Å². The van der Waals surface area contributed by atoms with Crippen LogP contribution in [-0.4, -0.2) is 30.9 Å². The number of rotatable bonds is 8. The van der Waals surface area contributed by atoms with Crippen LogP contribution < -0.4 is 10.6 Å². The maximum atomic E-state index is 11.9. The van der Waals surface area contributed by atoms with Gasteiger partial charge in [-0.2, -0.15) is 0 Å². The van der Waals surface area contributed by atoms with Gasteiger partial charge in [0.1, 0.15) is 0 Å². The average molecular weight is 423 g/mol. The Labute approximate surface area is 159 Å². The number of ether oxygens (including phenoxy) is 1. The van der Waals surface area contributed by atoms with Gasteiger partial charge in [-0.1, -0.05) is 13.3 Å². The molecule has 0 saturated heterocycles. The molecule has 0 atom stereocenters. The third-order valence-corrected chi connectivity index (χ3v) is 3.77. The van der Waals surface area contributed by atoms with Crippen LogP contribution >= 0.6 is 15.9 Å². The van der Waals surface area contributed by atoms with E-state index in [4.69, 9.17) is 9.15 Å². The van der Waals surface area contributed by atoms with E-state index in [1.54, 1.807) is 30.3 Å². The fourth-order valence-corrected chi connectivity index (χ4v) is 2.28. The maximum absolute atomic E-state index is 11.9. The molecular formula is C18H19BrN2O5. The smallest absolute Gasteiger partial charge is 0.338 e. The van der Waals surface area contributed by atoms with E-state index in [9.17, 15) is 14.4 Å². The third kappa shape index (κ3) is 6.03. The minimum absolute atomic E-state index is 0.107. The molecule has 1 heterocycles. The van der Waals surface area contributed by atoms with Gasteiger partial charge in [0.2, 0.25) is 5.91 Å². The molecule has 2 rings (SSSR count). The summed E-state index contributed by atoms with van der Waals surface area (Å²) in [6.07, 6.45) is 1.77. The number of esters is 1. The summed E-state index contributed by atoms with van der Waals surface area (Å²) in [4.78, 5) is 35.5. The highest BCUT2D eigenvalue weighted by Crippen LogP contribution is 2.14. The summed E-state index contributed by atoms with van der Waals surface area (Å²) in [5.74, 6) is -1.18. The molecule has 0 spiro atoms.